The molecular weight excluding hydrogens is 386 g/mol. The Morgan fingerprint density at radius 2 is 2.04 bits per heavy atom. The number of hydrogen-bond donors (Lipinski definition) is 1. The highest BCUT2D eigenvalue weighted by Gasteiger charge is 2.12. The van der Waals surface area contributed by atoms with Crippen LogP contribution in [0.1, 0.15) is 26.6 Å². The van der Waals surface area contributed by atoms with Crippen LogP contribution in [0.15, 0.2) is 53.9 Å². The first kappa shape index (κ1) is 19.8. The van der Waals surface area contributed by atoms with Crippen molar-refractivity contribution in [2.45, 2.75) is 26.7 Å². The zero-order chi connectivity index (χ0) is 19.9. The summed E-state index contributed by atoms with van der Waals surface area (Å²) in [6.07, 6.45) is 0. The van der Waals surface area contributed by atoms with E-state index in [0.29, 0.717) is 23.5 Å². The van der Waals surface area contributed by atoms with Gasteiger partial charge in [0.05, 0.1) is 10.7 Å². The molecule has 0 aliphatic rings. The lowest BCUT2D eigenvalue weighted by molar-refractivity contribution is -0.0504. The molecule has 0 fully saturated rings. The average Bonchev–Trinajstić information content (AvgIpc) is 3.10. The van der Waals surface area contributed by atoms with Crippen LogP contribution in [0.3, 0.4) is 0 Å². The van der Waals surface area contributed by atoms with Gasteiger partial charge in [-0.1, -0.05) is 24.3 Å². The van der Waals surface area contributed by atoms with E-state index in [1.807, 2.05) is 12.3 Å². The van der Waals surface area contributed by atoms with E-state index in [4.69, 9.17) is 4.74 Å². The molecule has 8 heteroatoms. The summed E-state index contributed by atoms with van der Waals surface area (Å²) in [5, 5.41) is 5.59. The van der Waals surface area contributed by atoms with Crippen LogP contribution in [0.25, 0.3) is 0 Å². The Balaban J connectivity index is 1.60. The molecule has 1 heterocycles. The molecule has 0 radical (unpaired) electrons. The van der Waals surface area contributed by atoms with Gasteiger partial charge < -0.3 is 14.8 Å². The van der Waals surface area contributed by atoms with E-state index >= 15 is 0 Å². The van der Waals surface area contributed by atoms with Crippen molar-refractivity contribution in [3.8, 4) is 11.5 Å². The van der Waals surface area contributed by atoms with Crippen molar-refractivity contribution in [3.05, 3.63) is 75.7 Å². The number of carbonyl (C=O) groups excluding carboxylic acids is 1. The number of ether oxygens (including phenoxy) is 2. The normalized spacial score (nSPS) is 10.7. The number of aromatic nitrogens is 1. The van der Waals surface area contributed by atoms with Crippen molar-refractivity contribution in [2.75, 3.05) is 0 Å². The Morgan fingerprint density at radius 1 is 1.21 bits per heavy atom. The molecule has 0 unspecified atom stereocenters. The minimum atomic E-state index is -2.92. The predicted octanol–water partition coefficient (Wildman–Crippen LogP) is 4.56. The molecule has 0 saturated carbocycles. The van der Waals surface area contributed by atoms with Crippen LogP contribution in [0.5, 0.6) is 11.5 Å². The molecule has 0 aliphatic carbocycles. The highest BCUT2D eigenvalue weighted by molar-refractivity contribution is 7.09. The number of benzene rings is 2. The number of rotatable bonds is 8. The number of amides is 1. The third-order valence-electron chi connectivity index (χ3n) is 3.78. The number of para-hydroxylation sites is 1. The number of carbonyl (C=O) groups is 1. The largest absolute Gasteiger partial charge is 0.487 e. The zero-order valence-electron chi connectivity index (χ0n) is 15.0. The van der Waals surface area contributed by atoms with Gasteiger partial charge in [0.2, 0.25) is 0 Å². The molecule has 0 bridgehead atoms. The van der Waals surface area contributed by atoms with E-state index in [9.17, 15) is 13.6 Å². The summed E-state index contributed by atoms with van der Waals surface area (Å²) in [5.74, 6) is 0.231. The Bertz CT molecular complexity index is 946. The molecule has 0 spiro atoms. The molecule has 1 aromatic heterocycles. The van der Waals surface area contributed by atoms with Gasteiger partial charge >= 0.3 is 6.61 Å². The fourth-order valence-electron chi connectivity index (χ4n) is 2.50. The maximum Gasteiger partial charge on any atom is 0.387 e. The fourth-order valence-corrected chi connectivity index (χ4v) is 3.09. The van der Waals surface area contributed by atoms with E-state index in [-0.39, 0.29) is 18.2 Å². The van der Waals surface area contributed by atoms with Crippen molar-refractivity contribution in [1.29, 1.82) is 0 Å². The molecule has 28 heavy (non-hydrogen) atoms. The van der Waals surface area contributed by atoms with E-state index in [1.165, 1.54) is 6.07 Å². The van der Waals surface area contributed by atoms with E-state index < -0.39 is 6.61 Å². The summed E-state index contributed by atoms with van der Waals surface area (Å²) in [6, 6.07) is 13.1. The monoisotopic (exact) mass is 404 g/mol. The summed E-state index contributed by atoms with van der Waals surface area (Å²) < 4.78 is 35.1. The third kappa shape index (κ3) is 5.50. The second kappa shape index (κ2) is 9.27. The maximum atomic E-state index is 12.5. The van der Waals surface area contributed by atoms with Gasteiger partial charge in [0.15, 0.2) is 0 Å². The van der Waals surface area contributed by atoms with Gasteiger partial charge in [-0.15, -0.1) is 11.3 Å². The maximum absolute atomic E-state index is 12.5. The molecule has 1 N–H and O–H groups in total. The van der Waals surface area contributed by atoms with Crippen molar-refractivity contribution in [3.63, 3.8) is 0 Å². The van der Waals surface area contributed by atoms with Crippen LogP contribution in [-0.4, -0.2) is 17.5 Å². The van der Waals surface area contributed by atoms with Gasteiger partial charge in [-0.2, -0.15) is 8.78 Å². The second-order valence-electron chi connectivity index (χ2n) is 5.84. The first-order valence-electron chi connectivity index (χ1n) is 8.46. The quantitative estimate of drug-likeness (QED) is 0.598. The Morgan fingerprint density at radius 3 is 2.79 bits per heavy atom. The molecule has 0 aliphatic heterocycles. The minimum Gasteiger partial charge on any atom is -0.487 e. The van der Waals surface area contributed by atoms with Crippen molar-refractivity contribution in [1.82, 2.24) is 10.3 Å². The fraction of sp³-hybridized carbons (Fsp3) is 0.200. The predicted molar refractivity (Wildman–Crippen MR) is 102 cm³/mol. The molecule has 0 saturated heterocycles. The summed E-state index contributed by atoms with van der Waals surface area (Å²) in [7, 11) is 0. The van der Waals surface area contributed by atoms with E-state index in [1.54, 1.807) is 53.8 Å². The summed E-state index contributed by atoms with van der Waals surface area (Å²) >= 11 is 1.54. The summed E-state index contributed by atoms with van der Waals surface area (Å²) in [6.45, 7) is -0.630. The lowest BCUT2D eigenvalue weighted by Gasteiger charge is -2.12. The second-order valence-corrected chi connectivity index (χ2v) is 6.91. The van der Waals surface area contributed by atoms with Gasteiger partial charge in [-0.25, -0.2) is 4.98 Å². The molecule has 0 atom stereocenters. The number of nitrogens with zero attached hydrogens (tertiary/aromatic N) is 1. The minimum absolute atomic E-state index is 0.0356. The average molecular weight is 404 g/mol. The van der Waals surface area contributed by atoms with Gasteiger partial charge in [-0.05, 0) is 31.2 Å². The van der Waals surface area contributed by atoms with Crippen molar-refractivity contribution in [2.24, 2.45) is 0 Å². The lowest BCUT2D eigenvalue weighted by Crippen LogP contribution is -2.23. The zero-order valence-corrected chi connectivity index (χ0v) is 15.8. The summed E-state index contributed by atoms with van der Waals surface area (Å²) in [5.41, 5.74) is 1.69. The van der Waals surface area contributed by atoms with Crippen LogP contribution in [0.4, 0.5) is 8.78 Å². The van der Waals surface area contributed by atoms with E-state index in [2.05, 4.69) is 15.0 Å². The van der Waals surface area contributed by atoms with Crippen LogP contribution in [-0.2, 0) is 13.2 Å². The molecule has 2 aromatic carbocycles. The molecular formula is C20H18F2N2O3S. The molecule has 146 valence electrons. The van der Waals surface area contributed by atoms with Gasteiger partial charge in [0.25, 0.3) is 5.91 Å². The third-order valence-corrected chi connectivity index (χ3v) is 4.60. The Hall–Kier alpha value is -3.00. The van der Waals surface area contributed by atoms with Crippen LogP contribution < -0.4 is 14.8 Å². The Kier molecular flexibility index (Phi) is 6.54. The topological polar surface area (TPSA) is 60.5 Å². The van der Waals surface area contributed by atoms with Crippen molar-refractivity contribution >= 4 is 17.2 Å². The first-order valence-corrected chi connectivity index (χ1v) is 9.34. The van der Waals surface area contributed by atoms with Crippen LogP contribution in [0.2, 0.25) is 0 Å². The SMILES string of the molecule is Cc1nc(COc2cccc(C(=O)NCc3ccccc3OC(F)F)c2)cs1. The van der Waals surface area contributed by atoms with E-state index in [0.717, 1.165) is 10.7 Å². The summed E-state index contributed by atoms with van der Waals surface area (Å²) in [4.78, 5) is 16.7. The number of hydrogen-bond acceptors (Lipinski definition) is 5. The molecule has 3 aromatic rings. The first-order chi connectivity index (χ1) is 13.5. The Labute approximate surface area is 164 Å². The smallest absolute Gasteiger partial charge is 0.387 e. The number of nitrogens with one attached hydrogen (secondary N) is 1. The van der Waals surface area contributed by atoms with Crippen LogP contribution >= 0.6 is 11.3 Å². The standard InChI is InChI=1S/C20H18F2N2O3S/c1-13-24-16(12-28-13)11-26-17-7-4-6-14(9-17)19(25)23-10-15-5-2-3-8-18(15)27-20(21)22/h2-9,12,20H,10-11H2,1H3,(H,23,25). The highest BCUT2D eigenvalue weighted by Crippen LogP contribution is 2.21. The van der Waals surface area contributed by atoms with Gasteiger partial charge in [-0.3, -0.25) is 4.79 Å². The number of aryl methyl sites for hydroxylation is 1. The number of halogens is 2. The highest BCUT2D eigenvalue weighted by atomic mass is 32.1. The lowest BCUT2D eigenvalue weighted by atomic mass is 10.1. The molecule has 3 rings (SSSR count). The number of thiazole rings is 1. The van der Waals surface area contributed by atoms with Crippen molar-refractivity contribution < 1.29 is 23.0 Å². The van der Waals surface area contributed by atoms with Gasteiger partial charge in [0.1, 0.15) is 18.1 Å². The van der Waals surface area contributed by atoms with Gasteiger partial charge in [0, 0.05) is 23.1 Å². The molecule has 1 amide bonds. The van der Waals surface area contributed by atoms with Crippen LogP contribution in [0, 0.1) is 6.92 Å². The number of alkyl halides is 2. The molecule has 5 nitrogen and oxygen atoms in total.